The van der Waals surface area contributed by atoms with Crippen LogP contribution in [0.2, 0.25) is 0 Å². The second-order valence-electron chi connectivity index (χ2n) is 4.03. The Labute approximate surface area is 100 Å². The van der Waals surface area contributed by atoms with Gasteiger partial charge in [-0.25, -0.2) is 4.98 Å². The standard InChI is InChI=1S/C13H17N3O/c1-4-16(5-2)10-6-7-12-11(8-10)13(17)15-9(3)14-12/h6-8H,4-5H2,1-3H3,(H,14,15,17). The van der Waals surface area contributed by atoms with Gasteiger partial charge in [0.2, 0.25) is 0 Å². The zero-order valence-corrected chi connectivity index (χ0v) is 10.4. The third-order valence-electron chi connectivity index (χ3n) is 2.94. The van der Waals surface area contributed by atoms with Crippen molar-refractivity contribution in [1.82, 2.24) is 9.97 Å². The van der Waals surface area contributed by atoms with Crippen LogP contribution in [0.4, 0.5) is 5.69 Å². The maximum Gasteiger partial charge on any atom is 0.258 e. The molecular formula is C13H17N3O. The molecule has 0 bridgehead atoms. The predicted molar refractivity (Wildman–Crippen MR) is 70.7 cm³/mol. The number of aryl methyl sites for hydroxylation is 1. The molecule has 1 aromatic carbocycles. The molecule has 0 amide bonds. The molecule has 17 heavy (non-hydrogen) atoms. The van der Waals surface area contributed by atoms with Gasteiger partial charge in [0.25, 0.3) is 5.56 Å². The third kappa shape index (κ3) is 2.16. The van der Waals surface area contributed by atoms with Crippen LogP contribution in [0.5, 0.6) is 0 Å². The summed E-state index contributed by atoms with van der Waals surface area (Å²) in [6, 6.07) is 5.83. The lowest BCUT2D eigenvalue weighted by atomic mass is 10.2. The van der Waals surface area contributed by atoms with Crippen molar-refractivity contribution in [3.8, 4) is 0 Å². The van der Waals surface area contributed by atoms with Gasteiger partial charge in [-0.3, -0.25) is 4.79 Å². The van der Waals surface area contributed by atoms with Crippen molar-refractivity contribution in [2.75, 3.05) is 18.0 Å². The maximum atomic E-state index is 11.8. The minimum atomic E-state index is -0.0680. The molecule has 90 valence electrons. The Hall–Kier alpha value is -1.84. The summed E-state index contributed by atoms with van der Waals surface area (Å²) in [7, 11) is 0. The van der Waals surface area contributed by atoms with Crippen LogP contribution in [0.25, 0.3) is 10.9 Å². The Bertz CT molecular complexity index is 585. The number of anilines is 1. The predicted octanol–water partition coefficient (Wildman–Crippen LogP) is 2.08. The van der Waals surface area contributed by atoms with Crippen molar-refractivity contribution in [2.45, 2.75) is 20.8 Å². The average molecular weight is 231 g/mol. The number of hydrogen-bond acceptors (Lipinski definition) is 3. The number of hydrogen-bond donors (Lipinski definition) is 1. The van der Waals surface area contributed by atoms with Crippen LogP contribution < -0.4 is 10.5 Å². The fourth-order valence-corrected chi connectivity index (χ4v) is 2.03. The van der Waals surface area contributed by atoms with Crippen LogP contribution in [0.3, 0.4) is 0 Å². The summed E-state index contributed by atoms with van der Waals surface area (Å²) in [4.78, 5) is 21.1. The summed E-state index contributed by atoms with van der Waals surface area (Å²) in [6.07, 6.45) is 0. The van der Waals surface area contributed by atoms with Crippen molar-refractivity contribution in [3.63, 3.8) is 0 Å². The minimum Gasteiger partial charge on any atom is -0.372 e. The van der Waals surface area contributed by atoms with E-state index in [-0.39, 0.29) is 5.56 Å². The molecule has 0 aliphatic heterocycles. The molecular weight excluding hydrogens is 214 g/mol. The van der Waals surface area contributed by atoms with Gasteiger partial charge < -0.3 is 9.88 Å². The quantitative estimate of drug-likeness (QED) is 0.879. The first-order valence-electron chi connectivity index (χ1n) is 5.91. The van der Waals surface area contributed by atoms with Crippen molar-refractivity contribution in [1.29, 1.82) is 0 Å². The molecule has 1 aromatic heterocycles. The highest BCUT2D eigenvalue weighted by atomic mass is 16.1. The zero-order chi connectivity index (χ0) is 12.4. The van der Waals surface area contributed by atoms with E-state index in [9.17, 15) is 4.79 Å². The van der Waals surface area contributed by atoms with Gasteiger partial charge in [-0.15, -0.1) is 0 Å². The molecule has 2 aromatic rings. The first-order chi connectivity index (χ1) is 8.15. The van der Waals surface area contributed by atoms with Gasteiger partial charge in [-0.2, -0.15) is 0 Å². The van der Waals surface area contributed by atoms with E-state index in [2.05, 4.69) is 28.7 Å². The number of nitrogens with one attached hydrogen (secondary N) is 1. The van der Waals surface area contributed by atoms with Gasteiger partial charge in [-0.1, -0.05) is 0 Å². The van der Waals surface area contributed by atoms with Crippen molar-refractivity contribution >= 4 is 16.6 Å². The van der Waals surface area contributed by atoms with E-state index in [1.165, 1.54) is 0 Å². The van der Waals surface area contributed by atoms with Crippen LogP contribution in [-0.2, 0) is 0 Å². The first kappa shape index (κ1) is 11.6. The van der Waals surface area contributed by atoms with Gasteiger partial charge in [0.05, 0.1) is 10.9 Å². The number of H-pyrrole nitrogens is 1. The van der Waals surface area contributed by atoms with Crippen LogP contribution in [0.15, 0.2) is 23.0 Å². The molecule has 0 fully saturated rings. The molecule has 0 atom stereocenters. The monoisotopic (exact) mass is 231 g/mol. The average Bonchev–Trinajstić information content (AvgIpc) is 2.31. The van der Waals surface area contributed by atoms with E-state index in [0.29, 0.717) is 11.2 Å². The van der Waals surface area contributed by atoms with Gasteiger partial charge in [-0.05, 0) is 39.0 Å². The Morgan fingerprint density at radius 3 is 2.65 bits per heavy atom. The number of aromatic nitrogens is 2. The molecule has 0 saturated carbocycles. The van der Waals surface area contributed by atoms with Crippen LogP contribution in [0, 0.1) is 6.92 Å². The highest BCUT2D eigenvalue weighted by Crippen LogP contribution is 2.18. The minimum absolute atomic E-state index is 0.0680. The molecule has 2 rings (SSSR count). The number of nitrogens with zero attached hydrogens (tertiary/aromatic N) is 2. The number of rotatable bonds is 3. The highest BCUT2D eigenvalue weighted by molar-refractivity contribution is 5.81. The van der Waals surface area contributed by atoms with Crippen molar-refractivity contribution < 1.29 is 0 Å². The molecule has 0 spiro atoms. The molecule has 0 aliphatic rings. The Balaban J connectivity index is 2.61. The fourth-order valence-electron chi connectivity index (χ4n) is 2.03. The molecule has 0 saturated heterocycles. The molecule has 0 radical (unpaired) electrons. The lowest BCUT2D eigenvalue weighted by molar-refractivity contribution is 0.867. The van der Waals surface area contributed by atoms with Crippen LogP contribution >= 0.6 is 0 Å². The van der Waals surface area contributed by atoms with E-state index in [4.69, 9.17) is 0 Å². The summed E-state index contributed by atoms with van der Waals surface area (Å²) < 4.78 is 0. The highest BCUT2D eigenvalue weighted by Gasteiger charge is 2.06. The smallest absolute Gasteiger partial charge is 0.258 e. The summed E-state index contributed by atoms with van der Waals surface area (Å²) in [5, 5.41) is 0.653. The van der Waals surface area contributed by atoms with E-state index in [0.717, 1.165) is 24.3 Å². The van der Waals surface area contributed by atoms with Crippen molar-refractivity contribution in [3.05, 3.63) is 34.4 Å². The van der Waals surface area contributed by atoms with Gasteiger partial charge in [0, 0.05) is 18.8 Å². The van der Waals surface area contributed by atoms with Gasteiger partial charge >= 0.3 is 0 Å². The third-order valence-corrected chi connectivity index (χ3v) is 2.94. The number of benzene rings is 1. The molecule has 0 unspecified atom stereocenters. The summed E-state index contributed by atoms with van der Waals surface area (Å²) in [5.41, 5.74) is 1.75. The van der Waals surface area contributed by atoms with Gasteiger partial charge in [0.15, 0.2) is 0 Å². The molecule has 0 aliphatic carbocycles. The molecule has 1 N–H and O–H groups in total. The first-order valence-corrected chi connectivity index (χ1v) is 5.91. The second kappa shape index (κ2) is 4.57. The summed E-state index contributed by atoms with van der Waals surface area (Å²) >= 11 is 0. The zero-order valence-electron chi connectivity index (χ0n) is 10.4. The maximum absolute atomic E-state index is 11.8. The van der Waals surface area contributed by atoms with E-state index in [1.807, 2.05) is 18.2 Å². The fraction of sp³-hybridized carbons (Fsp3) is 0.385. The van der Waals surface area contributed by atoms with Crippen molar-refractivity contribution in [2.24, 2.45) is 0 Å². The SMILES string of the molecule is CCN(CC)c1ccc2nc(C)[nH]c(=O)c2c1. The normalized spacial score (nSPS) is 10.8. The lowest BCUT2D eigenvalue weighted by Gasteiger charge is -2.21. The summed E-state index contributed by atoms with van der Waals surface area (Å²) in [6.45, 7) is 7.86. The Kier molecular flexibility index (Phi) is 3.13. The van der Waals surface area contributed by atoms with E-state index >= 15 is 0 Å². The van der Waals surface area contributed by atoms with Gasteiger partial charge in [0.1, 0.15) is 5.82 Å². The molecule has 4 heteroatoms. The summed E-state index contributed by atoms with van der Waals surface area (Å²) in [5.74, 6) is 0.651. The second-order valence-corrected chi connectivity index (χ2v) is 4.03. The Morgan fingerprint density at radius 2 is 2.00 bits per heavy atom. The number of fused-ring (bicyclic) bond motifs is 1. The topological polar surface area (TPSA) is 49.0 Å². The van der Waals surface area contributed by atoms with E-state index < -0.39 is 0 Å². The molecule has 1 heterocycles. The van der Waals surface area contributed by atoms with E-state index in [1.54, 1.807) is 6.92 Å². The molecule has 4 nitrogen and oxygen atoms in total. The van der Waals surface area contributed by atoms with Crippen LogP contribution in [-0.4, -0.2) is 23.1 Å². The van der Waals surface area contributed by atoms with Crippen LogP contribution in [0.1, 0.15) is 19.7 Å². The number of aromatic amines is 1. The largest absolute Gasteiger partial charge is 0.372 e. The lowest BCUT2D eigenvalue weighted by Crippen LogP contribution is -2.22. The Morgan fingerprint density at radius 1 is 1.29 bits per heavy atom.